The third kappa shape index (κ3) is 4.20. The molecule has 0 spiro atoms. The van der Waals surface area contributed by atoms with Gasteiger partial charge in [0, 0.05) is 28.4 Å². The molecule has 2 aromatic rings. The maximum Gasteiger partial charge on any atom is 0.0692 e. The minimum absolute atomic E-state index is 0.0970. The van der Waals surface area contributed by atoms with Crippen molar-refractivity contribution in [1.29, 1.82) is 0 Å². The lowest BCUT2D eigenvalue weighted by atomic mass is 9.99. The van der Waals surface area contributed by atoms with E-state index in [0.717, 1.165) is 44.6 Å². The molecule has 134 valence electrons. The number of aliphatic hydroxyl groups is 1. The summed E-state index contributed by atoms with van der Waals surface area (Å²) < 4.78 is 0. The predicted molar refractivity (Wildman–Crippen MR) is 107 cm³/mol. The van der Waals surface area contributed by atoms with E-state index in [0.29, 0.717) is 0 Å². The Morgan fingerprint density at radius 1 is 1.12 bits per heavy atom. The Hall–Kier alpha value is -1.49. The van der Waals surface area contributed by atoms with Crippen LogP contribution in [-0.2, 0) is 13.0 Å². The molecule has 2 N–H and O–H groups in total. The lowest BCUT2D eigenvalue weighted by Gasteiger charge is -2.25. The van der Waals surface area contributed by atoms with Crippen LogP contribution < -0.4 is 5.32 Å². The zero-order chi connectivity index (χ0) is 17.6. The van der Waals surface area contributed by atoms with Gasteiger partial charge in [-0.2, -0.15) is 0 Å². The molecule has 4 heteroatoms. The van der Waals surface area contributed by atoms with Gasteiger partial charge in [-0.05, 0) is 54.9 Å². The van der Waals surface area contributed by atoms with Gasteiger partial charge in [-0.15, -0.1) is 0 Å². The van der Waals surface area contributed by atoms with Gasteiger partial charge in [-0.3, -0.25) is 0 Å². The van der Waals surface area contributed by atoms with E-state index in [1.807, 2.05) is 0 Å². The highest BCUT2D eigenvalue weighted by Gasteiger charge is 2.21. The second-order valence-corrected chi connectivity index (χ2v) is 7.48. The van der Waals surface area contributed by atoms with Gasteiger partial charge in [0.15, 0.2) is 0 Å². The summed E-state index contributed by atoms with van der Waals surface area (Å²) in [6.07, 6.45) is 2.08. The highest BCUT2D eigenvalue weighted by atomic mass is 32.2. The molecule has 0 unspecified atom stereocenters. The quantitative estimate of drug-likeness (QED) is 0.587. The van der Waals surface area contributed by atoms with Crippen molar-refractivity contribution in [2.75, 3.05) is 31.5 Å². The molecule has 3 nitrogen and oxygen atoms in total. The molecule has 2 aromatic carbocycles. The summed E-state index contributed by atoms with van der Waals surface area (Å²) in [5, 5.41) is 13.4. The summed E-state index contributed by atoms with van der Waals surface area (Å²) in [6, 6.07) is 12.8. The Bertz CT molecular complexity index is 713. The van der Waals surface area contributed by atoms with Gasteiger partial charge < -0.3 is 15.3 Å². The molecule has 0 bridgehead atoms. The van der Waals surface area contributed by atoms with Crippen LogP contribution in [0.5, 0.6) is 0 Å². The van der Waals surface area contributed by atoms with Gasteiger partial charge in [0.05, 0.1) is 6.61 Å². The Kier molecular flexibility index (Phi) is 6.40. The first-order chi connectivity index (χ1) is 12.3. The van der Waals surface area contributed by atoms with Crippen LogP contribution in [0.3, 0.4) is 0 Å². The number of hydrogen-bond donors (Lipinski definition) is 2. The fourth-order valence-corrected chi connectivity index (χ4v) is 4.59. The Balaban J connectivity index is 1.74. The molecule has 1 aliphatic heterocycles. The molecule has 1 aliphatic rings. The number of benzene rings is 2. The standard InChI is InChI=1S/C21H28N2OS/c1-3-23(4-2)13-7-12-22-19-11-10-17(15-24)21-18(19)14-16-8-5-6-9-20(16)25-21/h5-6,8-11,22,24H,3-4,7,12-15H2,1-2H3. The fraction of sp³-hybridized carbons (Fsp3) is 0.429. The van der Waals surface area contributed by atoms with E-state index in [1.165, 1.54) is 26.6 Å². The summed E-state index contributed by atoms with van der Waals surface area (Å²) in [5.41, 5.74) is 4.95. The van der Waals surface area contributed by atoms with Gasteiger partial charge in [-0.25, -0.2) is 0 Å². The van der Waals surface area contributed by atoms with Crippen LogP contribution in [-0.4, -0.2) is 36.2 Å². The average molecular weight is 357 g/mol. The molecule has 0 aliphatic carbocycles. The lowest BCUT2D eigenvalue weighted by molar-refractivity contribution is 0.278. The first kappa shape index (κ1) is 18.3. The van der Waals surface area contributed by atoms with Crippen LogP contribution in [0, 0.1) is 0 Å². The van der Waals surface area contributed by atoms with Crippen LogP contribution >= 0.6 is 11.8 Å². The number of rotatable bonds is 8. The van der Waals surface area contributed by atoms with E-state index in [4.69, 9.17) is 0 Å². The molecule has 0 saturated heterocycles. The van der Waals surface area contributed by atoms with Gasteiger partial charge in [0.25, 0.3) is 0 Å². The van der Waals surface area contributed by atoms with E-state index in [9.17, 15) is 5.11 Å². The Morgan fingerprint density at radius 3 is 2.68 bits per heavy atom. The maximum absolute atomic E-state index is 9.72. The summed E-state index contributed by atoms with van der Waals surface area (Å²) in [6.45, 7) is 8.88. The van der Waals surface area contributed by atoms with E-state index in [-0.39, 0.29) is 6.61 Å². The van der Waals surface area contributed by atoms with Crippen LogP contribution in [0.15, 0.2) is 46.2 Å². The summed E-state index contributed by atoms with van der Waals surface area (Å²) in [4.78, 5) is 5.00. The van der Waals surface area contributed by atoms with E-state index in [2.05, 4.69) is 60.5 Å². The lowest BCUT2D eigenvalue weighted by Crippen LogP contribution is -2.25. The minimum Gasteiger partial charge on any atom is -0.392 e. The largest absolute Gasteiger partial charge is 0.392 e. The third-order valence-electron chi connectivity index (χ3n) is 4.93. The molecule has 0 fully saturated rings. The first-order valence-electron chi connectivity index (χ1n) is 9.24. The van der Waals surface area contributed by atoms with Gasteiger partial charge in [-0.1, -0.05) is 49.9 Å². The number of nitrogens with one attached hydrogen (secondary N) is 1. The molecular weight excluding hydrogens is 328 g/mol. The second kappa shape index (κ2) is 8.75. The predicted octanol–water partition coefficient (Wildman–Crippen LogP) is 4.38. The van der Waals surface area contributed by atoms with Crippen molar-refractivity contribution in [2.45, 2.75) is 43.1 Å². The maximum atomic E-state index is 9.72. The number of fused-ring (bicyclic) bond motifs is 2. The smallest absolute Gasteiger partial charge is 0.0692 e. The zero-order valence-electron chi connectivity index (χ0n) is 15.2. The van der Waals surface area contributed by atoms with Gasteiger partial charge in [0.2, 0.25) is 0 Å². The first-order valence-corrected chi connectivity index (χ1v) is 10.1. The molecule has 25 heavy (non-hydrogen) atoms. The van der Waals surface area contributed by atoms with E-state index >= 15 is 0 Å². The third-order valence-corrected chi connectivity index (χ3v) is 6.26. The minimum atomic E-state index is 0.0970. The number of anilines is 1. The molecule has 0 atom stereocenters. The van der Waals surface area contributed by atoms with Crippen LogP contribution in [0.25, 0.3) is 0 Å². The van der Waals surface area contributed by atoms with E-state index in [1.54, 1.807) is 11.8 Å². The fourth-order valence-electron chi connectivity index (χ4n) is 3.38. The molecule has 0 amide bonds. The van der Waals surface area contributed by atoms with Crippen molar-refractivity contribution in [3.63, 3.8) is 0 Å². The highest BCUT2D eigenvalue weighted by molar-refractivity contribution is 7.99. The molecule has 0 radical (unpaired) electrons. The van der Waals surface area contributed by atoms with Crippen molar-refractivity contribution in [3.05, 3.63) is 53.1 Å². The monoisotopic (exact) mass is 356 g/mol. The van der Waals surface area contributed by atoms with Crippen molar-refractivity contribution in [3.8, 4) is 0 Å². The van der Waals surface area contributed by atoms with Crippen molar-refractivity contribution < 1.29 is 5.11 Å². The molecule has 0 saturated carbocycles. The van der Waals surface area contributed by atoms with Gasteiger partial charge >= 0.3 is 0 Å². The number of nitrogens with zero attached hydrogens (tertiary/aromatic N) is 1. The second-order valence-electron chi connectivity index (χ2n) is 6.43. The average Bonchev–Trinajstić information content (AvgIpc) is 2.66. The van der Waals surface area contributed by atoms with Crippen molar-refractivity contribution in [2.24, 2.45) is 0 Å². The molecule has 0 aromatic heterocycles. The molecule has 3 rings (SSSR count). The normalized spacial score (nSPS) is 12.8. The van der Waals surface area contributed by atoms with Crippen LogP contribution in [0.2, 0.25) is 0 Å². The van der Waals surface area contributed by atoms with Crippen molar-refractivity contribution >= 4 is 17.4 Å². The van der Waals surface area contributed by atoms with Crippen molar-refractivity contribution in [1.82, 2.24) is 4.90 Å². The van der Waals surface area contributed by atoms with E-state index < -0.39 is 0 Å². The summed E-state index contributed by atoms with van der Waals surface area (Å²) in [5.74, 6) is 0. The molecule has 1 heterocycles. The topological polar surface area (TPSA) is 35.5 Å². The van der Waals surface area contributed by atoms with Gasteiger partial charge in [0.1, 0.15) is 0 Å². The number of hydrogen-bond acceptors (Lipinski definition) is 4. The van der Waals surface area contributed by atoms with Crippen LogP contribution in [0.4, 0.5) is 5.69 Å². The zero-order valence-corrected chi connectivity index (χ0v) is 16.0. The highest BCUT2D eigenvalue weighted by Crippen LogP contribution is 2.44. The van der Waals surface area contributed by atoms with Crippen LogP contribution in [0.1, 0.15) is 37.0 Å². The summed E-state index contributed by atoms with van der Waals surface area (Å²) in [7, 11) is 0. The Morgan fingerprint density at radius 2 is 1.92 bits per heavy atom. The SMILES string of the molecule is CCN(CC)CCCNc1ccc(CO)c2c1Cc1ccccc1S2. The number of aliphatic hydroxyl groups excluding tert-OH is 1. The Labute approximate surface area is 155 Å². The summed E-state index contributed by atoms with van der Waals surface area (Å²) >= 11 is 1.79. The molecular formula is C21H28N2OS.